The minimum Gasteiger partial charge on any atom is -0.341 e. The molecule has 0 saturated heterocycles. The molecular formula is C23H20Cl2N2OS. The van der Waals surface area contributed by atoms with Crippen molar-refractivity contribution in [1.82, 2.24) is 4.57 Å². The zero-order valence-electron chi connectivity index (χ0n) is 15.9. The Labute approximate surface area is 184 Å². The zero-order valence-corrected chi connectivity index (χ0v) is 18.2. The number of benzene rings is 3. The van der Waals surface area contributed by atoms with Crippen molar-refractivity contribution in [3.8, 4) is 0 Å². The van der Waals surface area contributed by atoms with Crippen LogP contribution in [0.2, 0.25) is 10.0 Å². The van der Waals surface area contributed by atoms with Crippen LogP contribution in [0.5, 0.6) is 0 Å². The summed E-state index contributed by atoms with van der Waals surface area (Å²) in [5.41, 5.74) is 4.05. The second kappa shape index (κ2) is 8.70. The van der Waals surface area contributed by atoms with Crippen LogP contribution in [0, 0.1) is 0 Å². The number of carbonyl (C=O) groups excluding carboxylic acids is 1. The highest BCUT2D eigenvalue weighted by molar-refractivity contribution is 7.99. The van der Waals surface area contributed by atoms with Crippen LogP contribution in [0.3, 0.4) is 0 Å². The van der Waals surface area contributed by atoms with E-state index in [1.807, 2.05) is 30.3 Å². The number of rotatable bonds is 6. The number of nitrogens with one attached hydrogen (secondary N) is 1. The first-order chi connectivity index (χ1) is 14.1. The minimum atomic E-state index is -0.0447. The van der Waals surface area contributed by atoms with Crippen molar-refractivity contribution in [2.75, 3.05) is 11.1 Å². The van der Waals surface area contributed by atoms with Crippen molar-refractivity contribution in [1.29, 1.82) is 0 Å². The minimum absolute atomic E-state index is 0.0447. The third-order valence-corrected chi connectivity index (χ3v) is 6.58. The van der Waals surface area contributed by atoms with Gasteiger partial charge in [-0.05, 0) is 48.9 Å². The molecule has 0 fully saturated rings. The predicted molar refractivity (Wildman–Crippen MR) is 126 cm³/mol. The number of aromatic nitrogens is 1. The third-order valence-electron chi connectivity index (χ3n) is 4.91. The van der Waals surface area contributed by atoms with Gasteiger partial charge >= 0.3 is 0 Å². The maximum atomic E-state index is 12.4. The molecule has 0 aliphatic rings. The molecule has 0 radical (unpaired) electrons. The summed E-state index contributed by atoms with van der Waals surface area (Å²) in [6.45, 7) is 3.04. The average molecular weight is 443 g/mol. The Balaban J connectivity index is 1.48. The van der Waals surface area contributed by atoms with Gasteiger partial charge in [-0.3, -0.25) is 4.79 Å². The number of hydrogen-bond donors (Lipinski definition) is 1. The van der Waals surface area contributed by atoms with E-state index in [1.165, 1.54) is 28.2 Å². The van der Waals surface area contributed by atoms with Gasteiger partial charge in [-0.2, -0.15) is 0 Å². The summed E-state index contributed by atoms with van der Waals surface area (Å²) in [4.78, 5) is 12.4. The van der Waals surface area contributed by atoms with E-state index in [1.54, 1.807) is 0 Å². The van der Waals surface area contributed by atoms with Crippen molar-refractivity contribution in [2.24, 2.45) is 0 Å². The number of para-hydroxylation sites is 1. The molecule has 3 aromatic carbocycles. The lowest BCUT2D eigenvalue weighted by molar-refractivity contribution is -0.113. The molecule has 148 valence electrons. The highest BCUT2D eigenvalue weighted by atomic mass is 35.5. The Morgan fingerprint density at radius 3 is 2.45 bits per heavy atom. The van der Waals surface area contributed by atoms with Crippen LogP contribution in [-0.2, 0) is 17.1 Å². The van der Waals surface area contributed by atoms with Crippen LogP contribution in [0.25, 0.3) is 21.8 Å². The molecule has 0 spiro atoms. The number of anilines is 1. The number of aryl methyl sites for hydroxylation is 1. The fraction of sp³-hybridized carbons (Fsp3) is 0.174. The van der Waals surface area contributed by atoms with E-state index < -0.39 is 0 Å². The van der Waals surface area contributed by atoms with Gasteiger partial charge in [-0.15, -0.1) is 11.8 Å². The summed E-state index contributed by atoms with van der Waals surface area (Å²) in [6.07, 6.45) is 0. The maximum absolute atomic E-state index is 12.4. The lowest BCUT2D eigenvalue weighted by atomic mass is 10.1. The summed E-state index contributed by atoms with van der Waals surface area (Å²) < 4.78 is 2.29. The Morgan fingerprint density at radius 1 is 0.966 bits per heavy atom. The summed E-state index contributed by atoms with van der Waals surface area (Å²) in [6, 6.07) is 19.9. The first kappa shape index (κ1) is 20.1. The molecule has 4 rings (SSSR count). The topological polar surface area (TPSA) is 34.0 Å². The van der Waals surface area contributed by atoms with Gasteiger partial charge in [-0.1, -0.05) is 47.5 Å². The molecule has 0 aliphatic carbocycles. The lowest BCUT2D eigenvalue weighted by Gasteiger charge is -2.08. The van der Waals surface area contributed by atoms with E-state index in [0.29, 0.717) is 21.6 Å². The summed E-state index contributed by atoms with van der Waals surface area (Å²) >= 11 is 13.9. The van der Waals surface area contributed by atoms with Crippen LogP contribution >= 0.6 is 35.0 Å². The highest BCUT2D eigenvalue weighted by Crippen LogP contribution is 2.31. The first-order valence-electron chi connectivity index (χ1n) is 9.40. The quantitative estimate of drug-likeness (QED) is 0.348. The molecule has 6 heteroatoms. The molecule has 0 aliphatic heterocycles. The van der Waals surface area contributed by atoms with Gasteiger partial charge in [0.25, 0.3) is 0 Å². The fourth-order valence-electron chi connectivity index (χ4n) is 3.59. The van der Waals surface area contributed by atoms with E-state index in [9.17, 15) is 4.79 Å². The van der Waals surface area contributed by atoms with Crippen LogP contribution < -0.4 is 5.32 Å². The SMILES string of the molecule is CCn1c2ccccc2c2cc(NC(=O)CSCc3c(Cl)cccc3Cl)ccc21. The predicted octanol–water partition coefficient (Wildman–Crippen LogP) is 6.99. The summed E-state index contributed by atoms with van der Waals surface area (Å²) in [5.74, 6) is 0.877. The molecule has 0 saturated carbocycles. The van der Waals surface area contributed by atoms with Gasteiger partial charge in [0.15, 0.2) is 0 Å². The molecule has 1 heterocycles. The first-order valence-corrected chi connectivity index (χ1v) is 11.3. The molecule has 0 unspecified atom stereocenters. The molecule has 0 bridgehead atoms. The average Bonchev–Trinajstić information content (AvgIpc) is 3.03. The second-order valence-corrected chi connectivity index (χ2v) is 8.53. The van der Waals surface area contributed by atoms with E-state index in [0.717, 1.165) is 23.2 Å². The zero-order chi connectivity index (χ0) is 20.4. The Kier molecular flexibility index (Phi) is 6.04. The number of thioether (sulfide) groups is 1. The number of halogens is 2. The van der Waals surface area contributed by atoms with E-state index in [2.05, 4.69) is 47.1 Å². The van der Waals surface area contributed by atoms with Crippen molar-refractivity contribution in [3.63, 3.8) is 0 Å². The van der Waals surface area contributed by atoms with Gasteiger partial charge in [-0.25, -0.2) is 0 Å². The van der Waals surface area contributed by atoms with E-state index in [4.69, 9.17) is 23.2 Å². The van der Waals surface area contributed by atoms with Gasteiger partial charge in [0, 0.05) is 49.8 Å². The highest BCUT2D eigenvalue weighted by Gasteiger charge is 2.11. The Hall–Kier alpha value is -2.14. The van der Waals surface area contributed by atoms with Crippen LogP contribution in [0.1, 0.15) is 12.5 Å². The van der Waals surface area contributed by atoms with Crippen molar-refractivity contribution in [3.05, 3.63) is 76.3 Å². The largest absolute Gasteiger partial charge is 0.341 e. The van der Waals surface area contributed by atoms with Crippen LogP contribution in [-0.4, -0.2) is 16.2 Å². The molecule has 0 atom stereocenters. The Bertz CT molecular complexity index is 1180. The van der Waals surface area contributed by atoms with Crippen molar-refractivity contribution >= 4 is 68.4 Å². The van der Waals surface area contributed by atoms with Gasteiger partial charge in [0.1, 0.15) is 0 Å². The van der Waals surface area contributed by atoms with Gasteiger partial charge in [0.2, 0.25) is 5.91 Å². The van der Waals surface area contributed by atoms with Crippen molar-refractivity contribution in [2.45, 2.75) is 19.2 Å². The number of nitrogens with zero attached hydrogens (tertiary/aromatic N) is 1. The number of fused-ring (bicyclic) bond motifs is 3. The monoisotopic (exact) mass is 442 g/mol. The molecular weight excluding hydrogens is 423 g/mol. The number of amides is 1. The van der Waals surface area contributed by atoms with Crippen LogP contribution in [0.15, 0.2) is 60.7 Å². The third kappa shape index (κ3) is 4.11. The van der Waals surface area contributed by atoms with E-state index in [-0.39, 0.29) is 5.91 Å². The molecule has 4 aromatic rings. The number of carbonyl (C=O) groups is 1. The number of hydrogen-bond acceptors (Lipinski definition) is 2. The van der Waals surface area contributed by atoms with E-state index >= 15 is 0 Å². The summed E-state index contributed by atoms with van der Waals surface area (Å²) in [7, 11) is 0. The molecule has 1 aromatic heterocycles. The lowest BCUT2D eigenvalue weighted by Crippen LogP contribution is -2.14. The fourth-order valence-corrected chi connectivity index (χ4v) is 5.15. The van der Waals surface area contributed by atoms with Crippen LogP contribution in [0.4, 0.5) is 5.69 Å². The second-order valence-electron chi connectivity index (χ2n) is 6.73. The molecule has 29 heavy (non-hydrogen) atoms. The smallest absolute Gasteiger partial charge is 0.234 e. The molecule has 1 amide bonds. The molecule has 3 nitrogen and oxygen atoms in total. The Morgan fingerprint density at radius 2 is 1.69 bits per heavy atom. The maximum Gasteiger partial charge on any atom is 0.234 e. The summed E-state index contributed by atoms with van der Waals surface area (Å²) in [5, 5.41) is 6.61. The van der Waals surface area contributed by atoms with Gasteiger partial charge in [0.05, 0.1) is 5.75 Å². The van der Waals surface area contributed by atoms with Crippen molar-refractivity contribution < 1.29 is 4.79 Å². The normalized spacial score (nSPS) is 11.3. The van der Waals surface area contributed by atoms with Gasteiger partial charge < -0.3 is 9.88 Å². The standard InChI is InChI=1S/C23H20Cl2N2OS/c1-2-27-21-9-4-3-6-16(21)17-12-15(10-11-22(17)27)26-23(28)14-29-13-18-19(24)7-5-8-20(18)25/h3-12H,2,13-14H2,1H3,(H,26,28). The molecule has 1 N–H and O–H groups in total.